The molecule has 1 aliphatic rings. The Labute approximate surface area is 155 Å². The molecule has 0 bridgehead atoms. The fraction of sp³-hybridized carbons (Fsp3) is 0.474. The van der Waals surface area contributed by atoms with Crippen molar-refractivity contribution in [1.82, 2.24) is 14.7 Å². The number of amides is 1. The Morgan fingerprint density at radius 3 is 2.48 bits per heavy atom. The first-order valence-corrected chi connectivity index (χ1v) is 8.80. The van der Waals surface area contributed by atoms with Gasteiger partial charge in [0.05, 0.1) is 5.69 Å². The summed E-state index contributed by atoms with van der Waals surface area (Å²) in [6, 6.07) is 11.5. The zero-order valence-corrected chi connectivity index (χ0v) is 15.1. The number of hydrogen-bond donors (Lipinski definition) is 1. The summed E-state index contributed by atoms with van der Waals surface area (Å²) in [5.74, 6) is -1.32. The molecule has 0 radical (unpaired) electrons. The molecule has 1 aromatic heterocycles. The van der Waals surface area contributed by atoms with Gasteiger partial charge in [0.1, 0.15) is 0 Å². The number of carbonyl (C=O) groups excluding carboxylic acids is 1. The Kier molecular flexibility index (Phi) is 5.03. The zero-order chi connectivity index (χ0) is 19.8. The van der Waals surface area contributed by atoms with Crippen LogP contribution in [-0.4, -0.2) is 50.6 Å². The molecule has 0 saturated carbocycles. The number of rotatable bonds is 3. The van der Waals surface area contributed by atoms with Gasteiger partial charge >= 0.3 is 6.18 Å². The number of aromatic nitrogens is 2. The molecule has 2 heterocycles. The van der Waals surface area contributed by atoms with Crippen LogP contribution in [0, 0.1) is 5.92 Å². The van der Waals surface area contributed by atoms with Gasteiger partial charge in [0.15, 0.2) is 0 Å². The third-order valence-corrected chi connectivity index (χ3v) is 5.21. The first-order valence-electron chi connectivity index (χ1n) is 8.80. The predicted octanol–water partition coefficient (Wildman–Crippen LogP) is 3.14. The standard InChI is InChI=1S/C19H22F3N3O2/c1-13-12-24(17(26)18(2,27)19(20,21)22)11-9-15(13)16-8-10-23-25(16)14-6-4-3-5-7-14/h3-8,10,13,15,27H,9,11-12H2,1-2H3/t13-,15+,18-/m1/s1. The molecule has 1 aromatic carbocycles. The van der Waals surface area contributed by atoms with E-state index >= 15 is 0 Å². The molecule has 3 rings (SSSR count). The zero-order valence-electron chi connectivity index (χ0n) is 15.1. The van der Waals surface area contributed by atoms with E-state index in [4.69, 9.17) is 0 Å². The summed E-state index contributed by atoms with van der Waals surface area (Å²) >= 11 is 0. The highest BCUT2D eigenvalue weighted by atomic mass is 19.4. The largest absolute Gasteiger partial charge is 0.426 e. The lowest BCUT2D eigenvalue weighted by molar-refractivity contribution is -0.250. The Hall–Kier alpha value is -2.35. The van der Waals surface area contributed by atoms with Crippen LogP contribution in [0.1, 0.15) is 31.9 Å². The molecule has 1 amide bonds. The first kappa shape index (κ1) is 19.4. The second-order valence-electron chi connectivity index (χ2n) is 7.20. The second kappa shape index (κ2) is 6.99. The summed E-state index contributed by atoms with van der Waals surface area (Å²) in [6.07, 6.45) is -2.81. The molecule has 5 nitrogen and oxygen atoms in total. The maximum atomic E-state index is 13.0. The topological polar surface area (TPSA) is 58.4 Å². The van der Waals surface area contributed by atoms with Crippen molar-refractivity contribution in [2.24, 2.45) is 5.92 Å². The van der Waals surface area contributed by atoms with E-state index in [9.17, 15) is 23.1 Å². The molecule has 1 N–H and O–H groups in total. The molecule has 2 aromatic rings. The van der Waals surface area contributed by atoms with E-state index in [2.05, 4.69) is 5.10 Å². The highest BCUT2D eigenvalue weighted by Gasteiger charge is 2.57. The van der Waals surface area contributed by atoms with Gasteiger partial charge in [0, 0.05) is 30.9 Å². The Morgan fingerprint density at radius 1 is 1.22 bits per heavy atom. The smallest absolute Gasteiger partial charge is 0.373 e. The van der Waals surface area contributed by atoms with Crippen molar-refractivity contribution in [1.29, 1.82) is 0 Å². The van der Waals surface area contributed by atoms with Crippen molar-refractivity contribution < 1.29 is 23.1 Å². The maximum absolute atomic E-state index is 13.0. The fourth-order valence-corrected chi connectivity index (χ4v) is 3.58. The van der Waals surface area contributed by atoms with Crippen LogP contribution in [0.4, 0.5) is 13.2 Å². The number of benzene rings is 1. The molecule has 8 heteroatoms. The lowest BCUT2D eigenvalue weighted by Gasteiger charge is -2.40. The predicted molar refractivity (Wildman–Crippen MR) is 93.3 cm³/mol. The van der Waals surface area contributed by atoms with E-state index in [0.717, 1.165) is 16.3 Å². The molecule has 3 atom stereocenters. The second-order valence-corrected chi connectivity index (χ2v) is 7.20. The molecule has 1 saturated heterocycles. The van der Waals surface area contributed by atoms with Gasteiger partial charge in [-0.25, -0.2) is 4.68 Å². The molecule has 1 aliphatic heterocycles. The number of piperidine rings is 1. The van der Waals surface area contributed by atoms with Crippen LogP contribution < -0.4 is 0 Å². The lowest BCUT2D eigenvalue weighted by Crippen LogP contribution is -2.58. The molecule has 1 fully saturated rings. The Morgan fingerprint density at radius 2 is 1.89 bits per heavy atom. The van der Waals surface area contributed by atoms with Crippen molar-refractivity contribution in [3.05, 3.63) is 48.3 Å². The van der Waals surface area contributed by atoms with Gasteiger partial charge < -0.3 is 10.0 Å². The average molecular weight is 381 g/mol. The Bertz CT molecular complexity index is 802. The third-order valence-electron chi connectivity index (χ3n) is 5.21. The summed E-state index contributed by atoms with van der Waals surface area (Å²) < 4.78 is 40.7. The highest BCUT2D eigenvalue weighted by Crippen LogP contribution is 2.37. The van der Waals surface area contributed by atoms with Crippen molar-refractivity contribution in [3.8, 4) is 5.69 Å². The summed E-state index contributed by atoms with van der Waals surface area (Å²) in [4.78, 5) is 13.3. The molecule has 146 valence electrons. The van der Waals surface area contributed by atoms with Gasteiger partial charge in [-0.1, -0.05) is 25.1 Å². The van der Waals surface area contributed by atoms with Crippen molar-refractivity contribution >= 4 is 5.91 Å². The summed E-state index contributed by atoms with van der Waals surface area (Å²) in [6.45, 7) is 2.71. The quantitative estimate of drug-likeness (QED) is 0.889. The molecule has 0 spiro atoms. The number of para-hydroxylation sites is 1. The SMILES string of the molecule is C[C@@H]1CN(C(=O)[C@@](C)(O)C(F)(F)F)CC[C@@H]1c1ccnn1-c1ccccc1. The minimum Gasteiger partial charge on any atom is -0.373 e. The minimum absolute atomic E-state index is 0.0487. The van der Waals surface area contributed by atoms with E-state index in [1.807, 2.05) is 48.0 Å². The van der Waals surface area contributed by atoms with E-state index in [1.165, 1.54) is 0 Å². The van der Waals surface area contributed by atoms with Gasteiger partial charge in [0.25, 0.3) is 5.91 Å². The number of hydrogen-bond acceptors (Lipinski definition) is 3. The number of aliphatic hydroxyl groups is 1. The summed E-state index contributed by atoms with van der Waals surface area (Å²) in [7, 11) is 0. The van der Waals surface area contributed by atoms with Gasteiger partial charge in [-0.05, 0) is 37.5 Å². The van der Waals surface area contributed by atoms with Gasteiger partial charge in [0.2, 0.25) is 5.60 Å². The van der Waals surface area contributed by atoms with Crippen LogP contribution in [0.15, 0.2) is 42.6 Å². The molecule has 27 heavy (non-hydrogen) atoms. The van der Waals surface area contributed by atoms with E-state index in [0.29, 0.717) is 13.3 Å². The first-order chi connectivity index (χ1) is 12.6. The van der Waals surface area contributed by atoms with Crippen LogP contribution in [-0.2, 0) is 4.79 Å². The fourth-order valence-electron chi connectivity index (χ4n) is 3.58. The van der Waals surface area contributed by atoms with Crippen LogP contribution in [0.5, 0.6) is 0 Å². The molecule has 0 unspecified atom stereocenters. The number of carbonyl (C=O) groups is 1. The normalized spacial score (nSPS) is 23.1. The van der Waals surface area contributed by atoms with Crippen LogP contribution in [0.2, 0.25) is 0 Å². The van der Waals surface area contributed by atoms with E-state index in [-0.39, 0.29) is 24.9 Å². The lowest BCUT2D eigenvalue weighted by atomic mass is 9.83. The number of nitrogens with zero attached hydrogens (tertiary/aromatic N) is 3. The van der Waals surface area contributed by atoms with Crippen LogP contribution >= 0.6 is 0 Å². The van der Waals surface area contributed by atoms with Crippen molar-refractivity contribution in [2.75, 3.05) is 13.1 Å². The third kappa shape index (κ3) is 3.58. The van der Waals surface area contributed by atoms with Crippen LogP contribution in [0.3, 0.4) is 0 Å². The number of alkyl halides is 3. The molecular formula is C19H22F3N3O2. The van der Waals surface area contributed by atoms with E-state index < -0.39 is 17.7 Å². The van der Waals surface area contributed by atoms with Gasteiger partial charge in [-0.3, -0.25) is 4.79 Å². The molecule has 0 aliphatic carbocycles. The van der Waals surface area contributed by atoms with Crippen molar-refractivity contribution in [3.63, 3.8) is 0 Å². The number of halogens is 3. The summed E-state index contributed by atoms with van der Waals surface area (Å²) in [5.41, 5.74) is -1.50. The molecular weight excluding hydrogens is 359 g/mol. The monoisotopic (exact) mass is 381 g/mol. The van der Waals surface area contributed by atoms with Crippen molar-refractivity contribution in [2.45, 2.75) is 38.0 Å². The van der Waals surface area contributed by atoms with Crippen LogP contribution in [0.25, 0.3) is 5.69 Å². The highest BCUT2D eigenvalue weighted by molar-refractivity contribution is 5.85. The number of likely N-dealkylation sites (tertiary alicyclic amines) is 1. The van der Waals surface area contributed by atoms with Gasteiger partial charge in [-0.15, -0.1) is 0 Å². The van der Waals surface area contributed by atoms with E-state index in [1.54, 1.807) is 6.20 Å². The average Bonchev–Trinajstić information content (AvgIpc) is 3.10. The Balaban J connectivity index is 1.78. The van der Waals surface area contributed by atoms with Gasteiger partial charge in [-0.2, -0.15) is 18.3 Å². The minimum atomic E-state index is -5.00. The maximum Gasteiger partial charge on any atom is 0.426 e. The summed E-state index contributed by atoms with van der Waals surface area (Å²) in [5, 5.41) is 14.0.